The number of nitrogens with one attached hydrogen (secondary N) is 1. The summed E-state index contributed by atoms with van der Waals surface area (Å²) in [5.74, 6) is 0. The lowest BCUT2D eigenvalue weighted by atomic mass is 10.0. The number of pyridine rings is 1. The molecule has 1 aliphatic carbocycles. The van der Waals surface area contributed by atoms with Gasteiger partial charge in [-0.3, -0.25) is 5.10 Å². The zero-order valence-electron chi connectivity index (χ0n) is 9.98. The number of benzene rings is 1. The molecule has 0 saturated heterocycles. The van der Waals surface area contributed by atoms with Gasteiger partial charge in [0, 0.05) is 11.1 Å². The number of hydrogen-bond acceptors (Lipinski definition) is 2. The van der Waals surface area contributed by atoms with Gasteiger partial charge in [-0.2, -0.15) is 5.10 Å². The summed E-state index contributed by atoms with van der Waals surface area (Å²) in [4.78, 5) is 4.70. The molecule has 2 heterocycles. The minimum absolute atomic E-state index is 0.903. The van der Waals surface area contributed by atoms with E-state index in [9.17, 15) is 0 Å². The Morgan fingerprint density at radius 2 is 1.89 bits per heavy atom. The van der Waals surface area contributed by atoms with Crippen LogP contribution in [0.3, 0.4) is 0 Å². The lowest BCUT2D eigenvalue weighted by Crippen LogP contribution is -1.96. The van der Waals surface area contributed by atoms with Gasteiger partial charge in [-0.05, 0) is 42.0 Å². The predicted molar refractivity (Wildman–Crippen MR) is 70.5 cm³/mol. The van der Waals surface area contributed by atoms with Crippen molar-refractivity contribution < 1.29 is 0 Å². The van der Waals surface area contributed by atoms with E-state index in [4.69, 9.17) is 4.98 Å². The van der Waals surface area contributed by atoms with Gasteiger partial charge >= 0.3 is 0 Å². The first-order valence-electron chi connectivity index (χ1n) is 6.29. The first-order valence-corrected chi connectivity index (χ1v) is 6.29. The van der Waals surface area contributed by atoms with Crippen LogP contribution < -0.4 is 0 Å². The summed E-state index contributed by atoms with van der Waals surface area (Å²) < 4.78 is 0. The van der Waals surface area contributed by atoms with Crippen LogP contribution in [0.15, 0.2) is 36.5 Å². The molecule has 1 aliphatic rings. The number of aromatic nitrogens is 3. The first kappa shape index (κ1) is 9.83. The van der Waals surface area contributed by atoms with Gasteiger partial charge in [-0.15, -0.1) is 0 Å². The van der Waals surface area contributed by atoms with E-state index in [1.54, 1.807) is 0 Å². The average Bonchev–Trinajstić information content (AvgIpc) is 2.76. The Hall–Kier alpha value is -2.16. The predicted octanol–water partition coefficient (Wildman–Crippen LogP) is 2.65. The van der Waals surface area contributed by atoms with Crippen molar-refractivity contribution in [3.05, 3.63) is 58.9 Å². The van der Waals surface area contributed by atoms with Crippen LogP contribution in [-0.4, -0.2) is 15.2 Å². The van der Waals surface area contributed by atoms with Crippen molar-refractivity contribution in [2.75, 3.05) is 0 Å². The summed E-state index contributed by atoms with van der Waals surface area (Å²) in [6.07, 6.45) is 4.93. The van der Waals surface area contributed by atoms with Gasteiger partial charge in [0.1, 0.15) is 0 Å². The number of rotatable bonds is 0. The van der Waals surface area contributed by atoms with Crippen LogP contribution in [0.2, 0.25) is 0 Å². The lowest BCUT2D eigenvalue weighted by Gasteiger charge is -2.05. The molecule has 18 heavy (non-hydrogen) atoms. The van der Waals surface area contributed by atoms with Gasteiger partial charge in [-0.25, -0.2) is 4.98 Å². The second kappa shape index (κ2) is 3.67. The van der Waals surface area contributed by atoms with E-state index in [0.29, 0.717) is 0 Å². The molecular formula is C15H13N3. The third kappa shape index (κ3) is 1.44. The van der Waals surface area contributed by atoms with E-state index in [0.717, 1.165) is 30.3 Å². The topological polar surface area (TPSA) is 41.6 Å². The van der Waals surface area contributed by atoms with Crippen molar-refractivity contribution in [2.24, 2.45) is 0 Å². The van der Waals surface area contributed by atoms with Crippen molar-refractivity contribution in [2.45, 2.75) is 19.3 Å². The van der Waals surface area contributed by atoms with Crippen molar-refractivity contribution in [3.8, 4) is 0 Å². The van der Waals surface area contributed by atoms with Crippen molar-refractivity contribution in [1.29, 1.82) is 0 Å². The van der Waals surface area contributed by atoms with Gasteiger partial charge < -0.3 is 0 Å². The highest BCUT2D eigenvalue weighted by molar-refractivity contribution is 5.75. The van der Waals surface area contributed by atoms with E-state index in [1.165, 1.54) is 22.4 Å². The molecule has 1 N–H and O–H groups in total. The monoisotopic (exact) mass is 235 g/mol. The van der Waals surface area contributed by atoms with Crippen LogP contribution in [0.25, 0.3) is 11.0 Å². The largest absolute Gasteiger partial charge is 0.261 e. The molecule has 0 amide bonds. The van der Waals surface area contributed by atoms with Crippen molar-refractivity contribution in [1.82, 2.24) is 15.2 Å². The molecule has 0 spiro atoms. The summed E-state index contributed by atoms with van der Waals surface area (Å²) in [5, 5.41) is 8.11. The van der Waals surface area contributed by atoms with Gasteiger partial charge in [0.05, 0.1) is 6.20 Å². The summed E-state index contributed by atoms with van der Waals surface area (Å²) in [7, 11) is 0. The average molecular weight is 235 g/mol. The maximum Gasteiger partial charge on any atom is 0.155 e. The molecule has 0 saturated carbocycles. The SMILES string of the molecule is c1ccc2c(c1)CCc1nc3[nH]ncc3cc1C2. The lowest BCUT2D eigenvalue weighted by molar-refractivity contribution is 0.920. The summed E-state index contributed by atoms with van der Waals surface area (Å²) in [5.41, 5.74) is 6.34. The molecule has 88 valence electrons. The number of H-pyrrole nitrogens is 1. The molecule has 0 fully saturated rings. The molecule has 3 aromatic rings. The Morgan fingerprint density at radius 1 is 1.00 bits per heavy atom. The zero-order chi connectivity index (χ0) is 11.9. The first-order chi connectivity index (χ1) is 8.90. The molecule has 0 bridgehead atoms. The highest BCUT2D eigenvalue weighted by Gasteiger charge is 2.15. The maximum atomic E-state index is 4.70. The fourth-order valence-electron chi connectivity index (χ4n) is 2.76. The van der Waals surface area contributed by atoms with Crippen LogP contribution in [0.5, 0.6) is 0 Å². The van der Waals surface area contributed by atoms with Crippen LogP contribution in [0.4, 0.5) is 0 Å². The highest BCUT2D eigenvalue weighted by Crippen LogP contribution is 2.25. The minimum Gasteiger partial charge on any atom is -0.261 e. The van der Waals surface area contributed by atoms with Crippen LogP contribution in [-0.2, 0) is 19.3 Å². The Kier molecular flexibility index (Phi) is 2.00. The molecule has 1 aromatic carbocycles. The van der Waals surface area contributed by atoms with Crippen molar-refractivity contribution in [3.63, 3.8) is 0 Å². The van der Waals surface area contributed by atoms with Crippen LogP contribution in [0.1, 0.15) is 22.4 Å². The van der Waals surface area contributed by atoms with Gasteiger partial charge in [-0.1, -0.05) is 24.3 Å². The Bertz CT molecular complexity index is 727. The molecule has 0 unspecified atom stereocenters. The normalized spacial score (nSPS) is 14.0. The van der Waals surface area contributed by atoms with Crippen LogP contribution >= 0.6 is 0 Å². The van der Waals surface area contributed by atoms with E-state index in [1.807, 2.05) is 6.20 Å². The Labute approximate surface area is 105 Å². The second-order valence-corrected chi connectivity index (χ2v) is 4.85. The minimum atomic E-state index is 0.903. The fraction of sp³-hybridized carbons (Fsp3) is 0.200. The maximum absolute atomic E-state index is 4.70. The molecule has 4 rings (SSSR count). The molecule has 2 aromatic heterocycles. The summed E-state index contributed by atoms with van der Waals surface area (Å²) in [6.45, 7) is 0. The molecule has 0 atom stereocenters. The zero-order valence-corrected chi connectivity index (χ0v) is 9.98. The summed E-state index contributed by atoms with van der Waals surface area (Å²) in [6, 6.07) is 10.9. The molecule has 0 radical (unpaired) electrons. The third-order valence-corrected chi connectivity index (χ3v) is 3.73. The number of aryl methyl sites for hydroxylation is 2. The number of fused-ring (bicyclic) bond motifs is 3. The second-order valence-electron chi connectivity index (χ2n) is 4.85. The number of hydrogen-bond donors (Lipinski definition) is 1. The molecule has 3 heteroatoms. The van der Waals surface area contributed by atoms with Crippen molar-refractivity contribution >= 4 is 11.0 Å². The summed E-state index contributed by atoms with van der Waals surface area (Å²) >= 11 is 0. The molecule has 3 nitrogen and oxygen atoms in total. The van der Waals surface area contributed by atoms with E-state index < -0.39 is 0 Å². The number of aromatic amines is 1. The standard InChI is InChI=1S/C15H13N3/c1-2-4-11-7-12-8-13-9-16-18-15(13)17-14(12)6-5-10(11)3-1/h1-4,8-9H,5-7H2,(H,16,17,18). The Balaban J connectivity index is 1.90. The van der Waals surface area contributed by atoms with E-state index in [-0.39, 0.29) is 0 Å². The highest BCUT2D eigenvalue weighted by atomic mass is 15.1. The van der Waals surface area contributed by atoms with Gasteiger partial charge in [0.2, 0.25) is 0 Å². The van der Waals surface area contributed by atoms with Crippen LogP contribution in [0, 0.1) is 0 Å². The Morgan fingerprint density at radius 3 is 2.83 bits per heavy atom. The third-order valence-electron chi connectivity index (χ3n) is 3.73. The quantitative estimate of drug-likeness (QED) is 0.651. The van der Waals surface area contributed by atoms with Gasteiger partial charge in [0.25, 0.3) is 0 Å². The number of nitrogens with zero attached hydrogens (tertiary/aromatic N) is 2. The molecule has 0 aliphatic heterocycles. The fourth-order valence-corrected chi connectivity index (χ4v) is 2.76. The van der Waals surface area contributed by atoms with Gasteiger partial charge in [0.15, 0.2) is 5.65 Å². The smallest absolute Gasteiger partial charge is 0.155 e. The van der Waals surface area contributed by atoms with E-state index in [2.05, 4.69) is 40.5 Å². The van der Waals surface area contributed by atoms with E-state index >= 15 is 0 Å². The molecular weight excluding hydrogens is 222 g/mol.